The van der Waals surface area contributed by atoms with E-state index in [9.17, 15) is 20.2 Å². The summed E-state index contributed by atoms with van der Waals surface area (Å²) < 4.78 is 0. The molecule has 2 N–H and O–H groups in total. The Morgan fingerprint density at radius 2 is 0.907 bits per heavy atom. The molecule has 0 spiro atoms. The van der Waals surface area contributed by atoms with Gasteiger partial charge in [0.05, 0.1) is 43.3 Å². The molecule has 0 fully saturated rings. The molecule has 0 aromatic heterocycles. The second-order valence-electron chi connectivity index (χ2n) is 10.1. The summed E-state index contributed by atoms with van der Waals surface area (Å²) in [5.74, 6) is 0. The molecule has 0 unspecified atom stereocenters. The van der Waals surface area contributed by atoms with E-state index in [0.29, 0.717) is 24.5 Å². The van der Waals surface area contributed by atoms with Crippen LogP contribution in [0.3, 0.4) is 0 Å². The molecule has 0 amide bonds. The van der Waals surface area contributed by atoms with Crippen molar-refractivity contribution in [3.8, 4) is 0 Å². The van der Waals surface area contributed by atoms with Gasteiger partial charge in [-0.1, -0.05) is 46.4 Å². The molecule has 2 aromatic rings. The Morgan fingerprint density at radius 1 is 0.581 bits per heavy atom. The van der Waals surface area contributed by atoms with E-state index in [1.165, 1.54) is 24.3 Å². The van der Waals surface area contributed by atoms with Crippen LogP contribution in [0.2, 0.25) is 20.1 Å². The van der Waals surface area contributed by atoms with Gasteiger partial charge in [-0.15, -0.1) is 0 Å². The summed E-state index contributed by atoms with van der Waals surface area (Å²) in [7, 11) is 0. The van der Waals surface area contributed by atoms with Crippen molar-refractivity contribution in [1.82, 2.24) is 19.6 Å². The maximum Gasteiger partial charge on any atom is 0.293 e. The summed E-state index contributed by atoms with van der Waals surface area (Å²) in [6.45, 7) is 6.21. The molecule has 43 heavy (non-hydrogen) atoms. The monoisotopic (exact) mass is 672 g/mol. The molecule has 2 aliphatic rings. The van der Waals surface area contributed by atoms with E-state index >= 15 is 0 Å². The minimum Gasteiger partial charge on any atom is -0.379 e. The SMILES string of the molecule is O=[N+]([O-])c1cc(Cl)c(Cl)cc1NCCCN1C=CN(CCCN2C=CN(CCCNc3cc(Cl)c(Cl)cc3[N+](=O)[O-])C2)C1. The van der Waals surface area contributed by atoms with E-state index in [2.05, 4.69) is 55.0 Å². The van der Waals surface area contributed by atoms with Gasteiger partial charge < -0.3 is 30.2 Å². The standard InChI is InChI=1S/C27H32Cl4N8O4/c28-20-14-24(26(38(40)41)16-22(20)30)32-4-1-6-34-10-12-36(18-34)8-3-9-37-13-11-35(19-37)7-2-5-33-25-15-21(29)23(31)17-27(25)39(42)43/h10-17,32-33H,1-9,18-19H2. The summed E-state index contributed by atoms with van der Waals surface area (Å²) in [6.07, 6.45) is 10.9. The van der Waals surface area contributed by atoms with Gasteiger partial charge in [-0.25, -0.2) is 0 Å². The van der Waals surface area contributed by atoms with Gasteiger partial charge in [0.2, 0.25) is 0 Å². The van der Waals surface area contributed by atoms with E-state index in [1.807, 2.05) is 0 Å². The zero-order chi connectivity index (χ0) is 30.9. The molecule has 232 valence electrons. The second-order valence-corrected chi connectivity index (χ2v) is 11.8. The number of hydrogen-bond acceptors (Lipinski definition) is 10. The molecule has 0 bridgehead atoms. The first-order valence-electron chi connectivity index (χ1n) is 13.7. The van der Waals surface area contributed by atoms with Gasteiger partial charge in [0, 0.05) is 76.2 Å². The molecule has 2 aromatic carbocycles. The fourth-order valence-corrected chi connectivity index (χ4v) is 5.40. The van der Waals surface area contributed by atoms with Gasteiger partial charge in [-0.3, -0.25) is 20.2 Å². The normalized spacial score (nSPS) is 14.2. The van der Waals surface area contributed by atoms with Crippen LogP contribution in [0.4, 0.5) is 22.7 Å². The van der Waals surface area contributed by atoms with Gasteiger partial charge in [0.25, 0.3) is 11.4 Å². The minimum atomic E-state index is -0.475. The van der Waals surface area contributed by atoms with Crippen LogP contribution in [0.1, 0.15) is 19.3 Å². The number of anilines is 2. The number of halogens is 4. The fraction of sp³-hybridized carbons (Fsp3) is 0.407. The van der Waals surface area contributed by atoms with Crippen LogP contribution < -0.4 is 10.6 Å². The third-order valence-corrected chi connectivity index (χ3v) is 8.38. The lowest BCUT2D eigenvalue weighted by molar-refractivity contribution is -0.384. The molecule has 0 atom stereocenters. The Kier molecular flexibility index (Phi) is 11.7. The van der Waals surface area contributed by atoms with Gasteiger partial charge in [-0.05, 0) is 31.4 Å². The highest BCUT2D eigenvalue weighted by molar-refractivity contribution is 6.43. The molecule has 0 aliphatic carbocycles. The number of hydrogen-bond donors (Lipinski definition) is 2. The molecule has 0 saturated heterocycles. The van der Waals surface area contributed by atoms with Crippen molar-refractivity contribution in [2.24, 2.45) is 0 Å². The topological polar surface area (TPSA) is 123 Å². The maximum absolute atomic E-state index is 11.3. The highest BCUT2D eigenvalue weighted by atomic mass is 35.5. The smallest absolute Gasteiger partial charge is 0.293 e. The van der Waals surface area contributed by atoms with Gasteiger partial charge in [0.15, 0.2) is 0 Å². The van der Waals surface area contributed by atoms with Crippen molar-refractivity contribution in [2.45, 2.75) is 19.3 Å². The fourth-order valence-electron chi connectivity index (χ4n) is 4.76. The third-order valence-electron chi connectivity index (χ3n) is 6.94. The summed E-state index contributed by atoms with van der Waals surface area (Å²) in [5, 5.41) is 29.6. The number of nitro groups is 2. The molecule has 2 aliphatic heterocycles. The number of nitrogens with zero attached hydrogens (tertiary/aromatic N) is 6. The van der Waals surface area contributed by atoms with Crippen molar-refractivity contribution >= 4 is 69.2 Å². The van der Waals surface area contributed by atoms with E-state index in [-0.39, 0.29) is 31.5 Å². The second kappa shape index (κ2) is 15.4. The van der Waals surface area contributed by atoms with Crippen LogP contribution in [0.5, 0.6) is 0 Å². The average molecular weight is 674 g/mol. The lowest BCUT2D eigenvalue weighted by Gasteiger charge is -2.24. The van der Waals surface area contributed by atoms with Crippen molar-refractivity contribution in [2.75, 3.05) is 63.2 Å². The number of benzene rings is 2. The Hall–Kier alpha value is -3.32. The van der Waals surface area contributed by atoms with Crippen LogP contribution in [-0.4, -0.2) is 82.1 Å². The number of nitrogens with one attached hydrogen (secondary N) is 2. The Labute approximate surface area is 269 Å². The Balaban J connectivity index is 1.07. The molecule has 16 heteroatoms. The predicted octanol–water partition coefficient (Wildman–Crippen LogP) is 6.90. The molecule has 12 nitrogen and oxygen atoms in total. The molecule has 0 saturated carbocycles. The van der Waals surface area contributed by atoms with E-state index in [1.54, 1.807) is 0 Å². The molecule has 0 radical (unpaired) electrons. The van der Waals surface area contributed by atoms with Crippen molar-refractivity contribution in [1.29, 1.82) is 0 Å². The Morgan fingerprint density at radius 3 is 1.26 bits per heavy atom. The molecule has 2 heterocycles. The first-order chi connectivity index (χ1) is 20.6. The van der Waals surface area contributed by atoms with E-state index < -0.39 is 9.85 Å². The third kappa shape index (κ3) is 9.33. The summed E-state index contributed by atoms with van der Waals surface area (Å²) in [4.78, 5) is 30.6. The quantitative estimate of drug-likeness (QED) is 0.110. The number of nitro benzene ring substituents is 2. The van der Waals surface area contributed by atoms with Gasteiger partial charge in [0.1, 0.15) is 11.4 Å². The first-order valence-corrected chi connectivity index (χ1v) is 15.2. The zero-order valence-corrected chi connectivity index (χ0v) is 26.2. The maximum atomic E-state index is 11.3. The molecular weight excluding hydrogens is 642 g/mol. The lowest BCUT2D eigenvalue weighted by atomic mass is 10.2. The Bertz CT molecular complexity index is 1280. The van der Waals surface area contributed by atoms with Crippen LogP contribution in [0, 0.1) is 20.2 Å². The summed E-state index contributed by atoms with van der Waals surface area (Å²) >= 11 is 23.9. The average Bonchev–Trinajstić information content (AvgIpc) is 3.61. The van der Waals surface area contributed by atoms with E-state index in [4.69, 9.17) is 46.4 Å². The highest BCUT2D eigenvalue weighted by Crippen LogP contribution is 2.35. The largest absolute Gasteiger partial charge is 0.379 e. The highest BCUT2D eigenvalue weighted by Gasteiger charge is 2.19. The van der Waals surface area contributed by atoms with Crippen molar-refractivity contribution in [3.05, 3.63) is 89.4 Å². The van der Waals surface area contributed by atoms with Crippen LogP contribution in [0.25, 0.3) is 0 Å². The summed E-state index contributed by atoms with van der Waals surface area (Å²) in [6, 6.07) is 5.50. The van der Waals surface area contributed by atoms with Crippen LogP contribution in [-0.2, 0) is 0 Å². The van der Waals surface area contributed by atoms with Crippen LogP contribution >= 0.6 is 46.4 Å². The van der Waals surface area contributed by atoms with Crippen molar-refractivity contribution in [3.63, 3.8) is 0 Å². The first kappa shape index (κ1) is 32.6. The van der Waals surface area contributed by atoms with E-state index in [0.717, 1.165) is 58.8 Å². The zero-order valence-electron chi connectivity index (χ0n) is 23.2. The number of rotatable bonds is 16. The van der Waals surface area contributed by atoms with Crippen molar-refractivity contribution < 1.29 is 9.85 Å². The van der Waals surface area contributed by atoms with Gasteiger partial charge >= 0.3 is 0 Å². The molecule has 4 rings (SSSR count). The molecular formula is C27H32Cl4N8O4. The van der Waals surface area contributed by atoms with Gasteiger partial charge in [-0.2, -0.15) is 0 Å². The van der Waals surface area contributed by atoms with Crippen LogP contribution in [0.15, 0.2) is 49.1 Å². The predicted molar refractivity (Wildman–Crippen MR) is 172 cm³/mol. The summed E-state index contributed by atoms with van der Waals surface area (Å²) in [5.41, 5.74) is 0.531. The lowest BCUT2D eigenvalue weighted by Crippen LogP contribution is -2.31. The minimum absolute atomic E-state index is 0.0946.